The Balaban J connectivity index is 2.50. The average Bonchev–Trinajstić information content (AvgIpc) is 2.37. The van der Waals surface area contributed by atoms with E-state index >= 15 is 0 Å². The highest BCUT2D eigenvalue weighted by Crippen LogP contribution is 2.15. The second kappa shape index (κ2) is 4.72. The van der Waals surface area contributed by atoms with Crippen molar-refractivity contribution in [3.63, 3.8) is 0 Å². The van der Waals surface area contributed by atoms with Crippen LogP contribution in [0.25, 0.3) is 11.0 Å². The maximum Gasteiger partial charge on any atom is 0.253 e. The van der Waals surface area contributed by atoms with Gasteiger partial charge in [-0.25, -0.2) is 9.97 Å². The monoisotopic (exact) mass is 243 g/mol. The second-order valence-corrected chi connectivity index (χ2v) is 4.42. The van der Waals surface area contributed by atoms with Gasteiger partial charge in [-0.1, -0.05) is 0 Å². The molecular formula is C14H17N3O. The number of rotatable bonds is 2. The predicted molar refractivity (Wildman–Crippen MR) is 71.6 cm³/mol. The predicted octanol–water partition coefficient (Wildman–Crippen LogP) is 2.34. The van der Waals surface area contributed by atoms with Crippen LogP contribution in [0.5, 0.6) is 0 Å². The van der Waals surface area contributed by atoms with E-state index in [0.717, 1.165) is 22.4 Å². The summed E-state index contributed by atoms with van der Waals surface area (Å²) in [7, 11) is 1.79. The third-order valence-corrected chi connectivity index (χ3v) is 3.14. The van der Waals surface area contributed by atoms with Gasteiger partial charge in [-0.05, 0) is 39.0 Å². The van der Waals surface area contributed by atoms with Crippen molar-refractivity contribution in [1.29, 1.82) is 0 Å². The minimum atomic E-state index is 0.0134. The molecule has 94 valence electrons. The minimum Gasteiger partial charge on any atom is -0.342 e. The molecule has 1 aromatic carbocycles. The summed E-state index contributed by atoms with van der Waals surface area (Å²) in [5.74, 6) is 0.0134. The van der Waals surface area contributed by atoms with Crippen molar-refractivity contribution in [2.24, 2.45) is 0 Å². The molecule has 0 bridgehead atoms. The molecular weight excluding hydrogens is 226 g/mol. The molecule has 18 heavy (non-hydrogen) atoms. The van der Waals surface area contributed by atoms with Gasteiger partial charge in [0.2, 0.25) is 0 Å². The van der Waals surface area contributed by atoms with Gasteiger partial charge in [0, 0.05) is 19.2 Å². The number of nitrogens with zero attached hydrogens (tertiary/aromatic N) is 3. The number of aromatic nitrogens is 2. The van der Waals surface area contributed by atoms with E-state index in [1.165, 1.54) is 0 Å². The summed E-state index contributed by atoms with van der Waals surface area (Å²) in [6.07, 6.45) is 0. The summed E-state index contributed by atoms with van der Waals surface area (Å²) < 4.78 is 0. The fourth-order valence-corrected chi connectivity index (χ4v) is 1.73. The van der Waals surface area contributed by atoms with E-state index in [0.29, 0.717) is 12.1 Å². The zero-order valence-corrected chi connectivity index (χ0v) is 11.2. The summed E-state index contributed by atoms with van der Waals surface area (Å²) >= 11 is 0. The zero-order chi connectivity index (χ0) is 13.3. The van der Waals surface area contributed by atoms with Crippen LogP contribution in [0, 0.1) is 13.8 Å². The molecule has 0 N–H and O–H groups in total. The lowest BCUT2D eigenvalue weighted by Crippen LogP contribution is -2.26. The van der Waals surface area contributed by atoms with Gasteiger partial charge in [-0.2, -0.15) is 0 Å². The Morgan fingerprint density at radius 1 is 1.17 bits per heavy atom. The highest BCUT2D eigenvalue weighted by molar-refractivity contribution is 5.97. The van der Waals surface area contributed by atoms with E-state index in [9.17, 15) is 4.79 Å². The maximum atomic E-state index is 12.0. The first kappa shape index (κ1) is 12.5. The molecule has 0 saturated carbocycles. The molecule has 0 saturated heterocycles. The van der Waals surface area contributed by atoms with Crippen LogP contribution in [0.1, 0.15) is 28.7 Å². The van der Waals surface area contributed by atoms with Gasteiger partial charge in [-0.15, -0.1) is 0 Å². The number of aryl methyl sites for hydroxylation is 2. The van der Waals surface area contributed by atoms with Crippen LogP contribution in [-0.4, -0.2) is 34.4 Å². The third kappa shape index (κ3) is 2.18. The molecule has 0 fully saturated rings. The summed E-state index contributed by atoms with van der Waals surface area (Å²) in [6.45, 7) is 6.50. The van der Waals surface area contributed by atoms with Crippen molar-refractivity contribution in [1.82, 2.24) is 14.9 Å². The first-order chi connectivity index (χ1) is 8.52. The van der Waals surface area contributed by atoms with Crippen molar-refractivity contribution < 1.29 is 4.79 Å². The van der Waals surface area contributed by atoms with Crippen LogP contribution in [0.2, 0.25) is 0 Å². The summed E-state index contributed by atoms with van der Waals surface area (Å²) in [6, 6.07) is 5.47. The van der Waals surface area contributed by atoms with Crippen molar-refractivity contribution in [2.75, 3.05) is 13.6 Å². The molecule has 0 aliphatic heterocycles. The van der Waals surface area contributed by atoms with Crippen LogP contribution < -0.4 is 0 Å². The Kier molecular flexibility index (Phi) is 3.28. The van der Waals surface area contributed by atoms with E-state index in [2.05, 4.69) is 9.97 Å². The van der Waals surface area contributed by atoms with Gasteiger partial charge in [0.1, 0.15) is 0 Å². The number of carbonyl (C=O) groups is 1. The summed E-state index contributed by atoms with van der Waals surface area (Å²) in [4.78, 5) is 22.6. The molecule has 0 radical (unpaired) electrons. The van der Waals surface area contributed by atoms with Crippen LogP contribution in [0.4, 0.5) is 0 Å². The number of hydrogen-bond donors (Lipinski definition) is 0. The molecule has 2 aromatic rings. The van der Waals surface area contributed by atoms with Crippen molar-refractivity contribution in [2.45, 2.75) is 20.8 Å². The molecule has 0 unspecified atom stereocenters. The van der Waals surface area contributed by atoms with E-state index in [4.69, 9.17) is 0 Å². The van der Waals surface area contributed by atoms with E-state index in [-0.39, 0.29) is 5.91 Å². The first-order valence-electron chi connectivity index (χ1n) is 6.03. The molecule has 2 rings (SSSR count). The topological polar surface area (TPSA) is 46.1 Å². The molecule has 0 aliphatic rings. The quantitative estimate of drug-likeness (QED) is 0.813. The molecule has 4 heteroatoms. The van der Waals surface area contributed by atoms with Gasteiger partial charge < -0.3 is 4.90 Å². The van der Waals surface area contributed by atoms with Crippen LogP contribution in [-0.2, 0) is 0 Å². The molecule has 4 nitrogen and oxygen atoms in total. The SMILES string of the molecule is CCN(C)C(=O)c1ccc2nc(C)c(C)nc2c1. The number of hydrogen-bond acceptors (Lipinski definition) is 3. The minimum absolute atomic E-state index is 0.0134. The number of carbonyl (C=O) groups excluding carboxylic acids is 1. The van der Waals surface area contributed by atoms with Crippen LogP contribution in [0.3, 0.4) is 0 Å². The molecule has 1 amide bonds. The fraction of sp³-hybridized carbons (Fsp3) is 0.357. The molecule has 1 aromatic heterocycles. The first-order valence-corrected chi connectivity index (χ1v) is 6.03. The molecule has 0 aliphatic carbocycles. The summed E-state index contributed by atoms with van der Waals surface area (Å²) in [5, 5.41) is 0. The lowest BCUT2D eigenvalue weighted by atomic mass is 10.1. The number of fused-ring (bicyclic) bond motifs is 1. The zero-order valence-electron chi connectivity index (χ0n) is 11.2. The van der Waals surface area contributed by atoms with E-state index < -0.39 is 0 Å². The van der Waals surface area contributed by atoms with Crippen molar-refractivity contribution in [3.05, 3.63) is 35.2 Å². The normalized spacial score (nSPS) is 10.7. The van der Waals surface area contributed by atoms with Crippen molar-refractivity contribution in [3.8, 4) is 0 Å². The van der Waals surface area contributed by atoms with E-state index in [1.807, 2.05) is 32.9 Å². The molecule has 0 spiro atoms. The molecule has 0 atom stereocenters. The smallest absolute Gasteiger partial charge is 0.253 e. The van der Waals surface area contributed by atoms with E-state index in [1.54, 1.807) is 18.0 Å². The summed E-state index contributed by atoms with van der Waals surface area (Å²) in [5.41, 5.74) is 4.08. The van der Waals surface area contributed by atoms with Crippen LogP contribution >= 0.6 is 0 Å². The van der Waals surface area contributed by atoms with Gasteiger partial charge in [-0.3, -0.25) is 4.79 Å². The average molecular weight is 243 g/mol. The van der Waals surface area contributed by atoms with Crippen LogP contribution in [0.15, 0.2) is 18.2 Å². The largest absolute Gasteiger partial charge is 0.342 e. The number of amides is 1. The van der Waals surface area contributed by atoms with Gasteiger partial charge in [0.15, 0.2) is 0 Å². The third-order valence-electron chi connectivity index (χ3n) is 3.14. The Morgan fingerprint density at radius 3 is 2.39 bits per heavy atom. The van der Waals surface area contributed by atoms with Gasteiger partial charge >= 0.3 is 0 Å². The highest BCUT2D eigenvalue weighted by atomic mass is 16.2. The highest BCUT2D eigenvalue weighted by Gasteiger charge is 2.11. The maximum absolute atomic E-state index is 12.0. The van der Waals surface area contributed by atoms with Gasteiger partial charge in [0.05, 0.1) is 22.4 Å². The Labute approximate surface area is 107 Å². The van der Waals surface area contributed by atoms with Gasteiger partial charge in [0.25, 0.3) is 5.91 Å². The lowest BCUT2D eigenvalue weighted by molar-refractivity contribution is 0.0802. The Bertz CT molecular complexity index is 607. The second-order valence-electron chi connectivity index (χ2n) is 4.42. The fourth-order valence-electron chi connectivity index (χ4n) is 1.73. The standard InChI is InChI=1S/C14H17N3O/c1-5-17(4)14(18)11-6-7-12-13(8-11)16-10(3)9(2)15-12/h6-8H,5H2,1-4H3. The lowest BCUT2D eigenvalue weighted by Gasteiger charge is -2.14. The van der Waals surface area contributed by atoms with Crippen molar-refractivity contribution >= 4 is 16.9 Å². The Hall–Kier alpha value is -1.97. The molecule has 1 heterocycles. The number of benzene rings is 1. The Morgan fingerprint density at radius 2 is 1.78 bits per heavy atom.